The first-order valence-electron chi connectivity index (χ1n) is 8.44. The summed E-state index contributed by atoms with van der Waals surface area (Å²) < 4.78 is 28.4. The first-order valence-corrected chi connectivity index (χ1v) is 10.3. The van der Waals surface area contributed by atoms with E-state index in [1.165, 1.54) is 24.5 Å². The zero-order valence-electron chi connectivity index (χ0n) is 14.8. The molecule has 1 aliphatic rings. The summed E-state index contributed by atoms with van der Waals surface area (Å²) in [4.78, 5) is 2.44. The number of aryl methyl sites for hydroxylation is 2. The lowest BCUT2D eigenvalue weighted by Crippen LogP contribution is -2.22. The number of rotatable bonds is 4. The van der Waals surface area contributed by atoms with Crippen molar-refractivity contribution in [2.75, 3.05) is 22.7 Å². The van der Waals surface area contributed by atoms with Gasteiger partial charge in [0, 0.05) is 18.8 Å². The molecule has 0 atom stereocenters. The third-order valence-electron chi connectivity index (χ3n) is 4.72. The number of sulfonamides is 1. The summed E-state index contributed by atoms with van der Waals surface area (Å²) in [6, 6.07) is 8.54. The Kier molecular flexibility index (Phi) is 4.98. The van der Waals surface area contributed by atoms with Crippen LogP contribution in [0.15, 0.2) is 35.2 Å². The van der Waals surface area contributed by atoms with Crippen LogP contribution in [-0.4, -0.2) is 21.5 Å². The summed E-state index contributed by atoms with van der Waals surface area (Å²) in [5.41, 5.74) is 4.84. The number of nitrogens with zero attached hydrogens (tertiary/aromatic N) is 1. The maximum atomic E-state index is 12.8. The smallest absolute Gasteiger partial charge is 0.263 e. The molecule has 4 nitrogen and oxygen atoms in total. The minimum absolute atomic E-state index is 0.0961. The maximum Gasteiger partial charge on any atom is 0.263 e. The summed E-state index contributed by atoms with van der Waals surface area (Å²) in [5.74, 6) is 0. The number of hydrogen-bond acceptors (Lipinski definition) is 3. The highest BCUT2D eigenvalue weighted by molar-refractivity contribution is 7.92. The Morgan fingerprint density at radius 2 is 1.68 bits per heavy atom. The SMILES string of the molecule is Cc1cc(C)c(N2CCCC2)c(C)c1NS(=O)(=O)c1ccccc1Cl. The molecule has 0 radical (unpaired) electrons. The number of halogens is 1. The minimum atomic E-state index is -3.74. The van der Waals surface area contributed by atoms with Crippen LogP contribution >= 0.6 is 11.6 Å². The molecule has 1 heterocycles. The first kappa shape index (κ1) is 18.1. The first-order chi connectivity index (χ1) is 11.8. The zero-order chi connectivity index (χ0) is 18.2. The van der Waals surface area contributed by atoms with E-state index >= 15 is 0 Å². The second-order valence-corrected chi connectivity index (χ2v) is 8.65. The van der Waals surface area contributed by atoms with Gasteiger partial charge in [0.15, 0.2) is 0 Å². The molecule has 25 heavy (non-hydrogen) atoms. The van der Waals surface area contributed by atoms with E-state index in [9.17, 15) is 8.42 Å². The number of hydrogen-bond donors (Lipinski definition) is 1. The molecule has 0 aliphatic carbocycles. The van der Waals surface area contributed by atoms with Crippen LogP contribution in [0.4, 0.5) is 11.4 Å². The Morgan fingerprint density at radius 1 is 1.04 bits per heavy atom. The quantitative estimate of drug-likeness (QED) is 0.841. The topological polar surface area (TPSA) is 49.4 Å². The minimum Gasteiger partial charge on any atom is -0.371 e. The van der Waals surface area contributed by atoms with Crippen LogP contribution < -0.4 is 9.62 Å². The van der Waals surface area contributed by atoms with Gasteiger partial charge in [-0.1, -0.05) is 29.8 Å². The molecule has 2 aromatic rings. The van der Waals surface area contributed by atoms with Crippen molar-refractivity contribution < 1.29 is 8.42 Å². The van der Waals surface area contributed by atoms with Gasteiger partial charge in [-0.2, -0.15) is 0 Å². The van der Waals surface area contributed by atoms with Crippen molar-refractivity contribution in [1.82, 2.24) is 0 Å². The Morgan fingerprint density at radius 3 is 2.32 bits per heavy atom. The molecule has 2 aromatic carbocycles. The maximum absolute atomic E-state index is 12.8. The van der Waals surface area contributed by atoms with Crippen LogP contribution in [-0.2, 0) is 10.0 Å². The summed E-state index contributed by atoms with van der Waals surface area (Å²) in [5, 5.41) is 0.220. The molecule has 1 saturated heterocycles. The van der Waals surface area contributed by atoms with Gasteiger partial charge >= 0.3 is 0 Å². The van der Waals surface area contributed by atoms with Gasteiger partial charge in [-0.3, -0.25) is 4.72 Å². The van der Waals surface area contributed by atoms with Crippen LogP contribution in [0.1, 0.15) is 29.5 Å². The summed E-state index contributed by atoms with van der Waals surface area (Å²) in [6.45, 7) is 8.03. The fourth-order valence-electron chi connectivity index (χ4n) is 3.61. The summed E-state index contributed by atoms with van der Waals surface area (Å²) in [6.07, 6.45) is 2.35. The molecule has 3 rings (SSSR count). The predicted octanol–water partition coefficient (Wildman–Crippen LogP) is 4.67. The van der Waals surface area contributed by atoms with Crippen molar-refractivity contribution in [1.29, 1.82) is 0 Å². The molecule has 1 N–H and O–H groups in total. The van der Waals surface area contributed by atoms with Crippen LogP contribution in [0.5, 0.6) is 0 Å². The normalized spacial score (nSPS) is 14.8. The molecule has 1 fully saturated rings. The molecule has 0 unspecified atom stereocenters. The fraction of sp³-hybridized carbons (Fsp3) is 0.368. The highest BCUT2D eigenvalue weighted by atomic mass is 35.5. The molecule has 0 bridgehead atoms. The van der Waals surface area contributed by atoms with E-state index in [1.54, 1.807) is 18.2 Å². The van der Waals surface area contributed by atoms with Crippen LogP contribution in [0.2, 0.25) is 5.02 Å². The lowest BCUT2D eigenvalue weighted by molar-refractivity contribution is 0.601. The van der Waals surface area contributed by atoms with Crippen LogP contribution in [0.25, 0.3) is 0 Å². The molecular weight excluding hydrogens is 356 g/mol. The van der Waals surface area contributed by atoms with Crippen molar-refractivity contribution in [3.05, 3.63) is 52.0 Å². The predicted molar refractivity (Wildman–Crippen MR) is 104 cm³/mol. The van der Waals surface area contributed by atoms with Crippen molar-refractivity contribution in [3.8, 4) is 0 Å². The molecule has 0 amide bonds. The summed E-state index contributed by atoms with van der Waals surface area (Å²) in [7, 11) is -3.74. The number of anilines is 2. The van der Waals surface area contributed by atoms with E-state index in [2.05, 4.69) is 16.5 Å². The third-order valence-corrected chi connectivity index (χ3v) is 6.57. The average molecular weight is 379 g/mol. The third kappa shape index (κ3) is 3.48. The van der Waals surface area contributed by atoms with Gasteiger partial charge < -0.3 is 4.90 Å². The molecule has 0 aromatic heterocycles. The molecule has 6 heteroatoms. The fourth-order valence-corrected chi connectivity index (χ4v) is 5.33. The van der Waals surface area contributed by atoms with Gasteiger partial charge in [0.05, 0.1) is 10.7 Å². The van der Waals surface area contributed by atoms with Crippen molar-refractivity contribution in [3.63, 3.8) is 0 Å². The number of benzene rings is 2. The van der Waals surface area contributed by atoms with Gasteiger partial charge in [0.1, 0.15) is 4.90 Å². The van der Waals surface area contributed by atoms with Crippen molar-refractivity contribution >= 4 is 33.0 Å². The van der Waals surface area contributed by atoms with E-state index in [4.69, 9.17) is 11.6 Å². The van der Waals surface area contributed by atoms with Gasteiger partial charge in [0.2, 0.25) is 0 Å². The Bertz CT molecular complexity index is 904. The van der Waals surface area contributed by atoms with Gasteiger partial charge in [-0.25, -0.2) is 8.42 Å². The van der Waals surface area contributed by atoms with Gasteiger partial charge in [0.25, 0.3) is 10.0 Å². The second kappa shape index (κ2) is 6.89. The Hall–Kier alpha value is -1.72. The molecule has 0 saturated carbocycles. The van der Waals surface area contributed by atoms with E-state index in [0.29, 0.717) is 5.69 Å². The van der Waals surface area contributed by atoms with E-state index in [0.717, 1.165) is 29.9 Å². The van der Waals surface area contributed by atoms with Gasteiger partial charge in [-0.05, 0) is 62.4 Å². The van der Waals surface area contributed by atoms with E-state index < -0.39 is 10.0 Å². The zero-order valence-corrected chi connectivity index (χ0v) is 16.3. The van der Waals surface area contributed by atoms with Crippen molar-refractivity contribution in [2.24, 2.45) is 0 Å². The monoisotopic (exact) mass is 378 g/mol. The summed E-state index contributed by atoms with van der Waals surface area (Å²) >= 11 is 6.09. The molecule has 1 aliphatic heterocycles. The van der Waals surface area contributed by atoms with Crippen LogP contribution in [0, 0.1) is 20.8 Å². The Balaban J connectivity index is 2.06. The second-order valence-electron chi connectivity index (χ2n) is 6.59. The van der Waals surface area contributed by atoms with Crippen molar-refractivity contribution in [2.45, 2.75) is 38.5 Å². The largest absolute Gasteiger partial charge is 0.371 e. The lowest BCUT2D eigenvalue weighted by Gasteiger charge is -2.26. The Labute approximate surface area is 154 Å². The van der Waals surface area contributed by atoms with E-state index in [-0.39, 0.29) is 9.92 Å². The molecular formula is C19H23ClN2O2S. The lowest BCUT2D eigenvalue weighted by atomic mass is 10.0. The van der Waals surface area contributed by atoms with E-state index in [1.807, 2.05) is 19.9 Å². The van der Waals surface area contributed by atoms with Gasteiger partial charge in [-0.15, -0.1) is 0 Å². The average Bonchev–Trinajstić information content (AvgIpc) is 3.05. The number of nitrogens with one attached hydrogen (secondary N) is 1. The molecule has 0 spiro atoms. The highest BCUT2D eigenvalue weighted by Gasteiger charge is 2.23. The standard InChI is InChI=1S/C19H23ClN2O2S/c1-13-12-14(2)19(22-10-6-7-11-22)15(3)18(13)21-25(23,24)17-9-5-4-8-16(17)20/h4-5,8-9,12,21H,6-7,10-11H2,1-3H3. The highest BCUT2D eigenvalue weighted by Crippen LogP contribution is 2.36. The van der Waals surface area contributed by atoms with Crippen LogP contribution in [0.3, 0.4) is 0 Å². The molecule has 134 valence electrons.